The minimum atomic E-state index is -2.66. The van der Waals surface area contributed by atoms with Crippen molar-refractivity contribution < 1.29 is 23.0 Å². The van der Waals surface area contributed by atoms with Crippen LogP contribution in [-0.4, -0.2) is 84.8 Å². The summed E-state index contributed by atoms with van der Waals surface area (Å²) in [5.74, 6) is -2.10. The molecule has 0 N–H and O–H groups in total. The Balaban J connectivity index is 1.27. The van der Waals surface area contributed by atoms with E-state index in [4.69, 9.17) is 26.0 Å². The maximum absolute atomic E-state index is 13.6. The van der Waals surface area contributed by atoms with E-state index in [0.29, 0.717) is 39.0 Å². The highest BCUT2D eigenvalue weighted by Crippen LogP contribution is 2.37. The molecule has 3 aliphatic rings. The number of alkyl halides is 2. The normalized spacial score (nSPS) is 21.0. The summed E-state index contributed by atoms with van der Waals surface area (Å²) in [4.78, 5) is 32.0. The molecule has 11 heteroatoms. The van der Waals surface area contributed by atoms with Crippen molar-refractivity contribution in [2.45, 2.75) is 57.2 Å². The van der Waals surface area contributed by atoms with Gasteiger partial charge in [0.15, 0.2) is 0 Å². The van der Waals surface area contributed by atoms with Crippen molar-refractivity contribution in [3.63, 3.8) is 0 Å². The molecule has 236 valence electrons. The zero-order valence-corrected chi connectivity index (χ0v) is 25.6. The van der Waals surface area contributed by atoms with E-state index in [-0.39, 0.29) is 50.6 Å². The molecule has 1 saturated carbocycles. The number of amides is 1. The van der Waals surface area contributed by atoms with Crippen molar-refractivity contribution in [1.29, 1.82) is 0 Å². The lowest BCUT2D eigenvalue weighted by molar-refractivity contribution is -0.128. The standard InChI is InChI=1S/C34H38F2N6O3/c1-4-30(43)42-16-15-41(21-25(42)20-37-3)32-27-12-14-40(29-10-6-9-24-8-5-7-23(2)31(24)29)22-28(27)38-33(39-32)45-18-17-44-26-11-13-34(35,36)19-26/h4-10,25-26H,1,11-22H2,2H3/t25-,26?/m0/s1. The summed E-state index contributed by atoms with van der Waals surface area (Å²) >= 11 is 0. The van der Waals surface area contributed by atoms with Crippen LogP contribution in [0.2, 0.25) is 0 Å². The molecule has 1 aromatic heterocycles. The summed E-state index contributed by atoms with van der Waals surface area (Å²) < 4.78 is 38.9. The SMILES string of the molecule is [C-]#[N+]C[C@H]1CN(c2nc(OCCOC3CCC(F)(F)C3)nc3c2CCN(c2cccc4cccc(C)c24)C3)CCN1C(=O)C=C. The highest BCUT2D eigenvalue weighted by molar-refractivity contribution is 5.97. The van der Waals surface area contributed by atoms with E-state index >= 15 is 0 Å². The number of hydrogen-bond acceptors (Lipinski definition) is 7. The molecule has 3 aromatic rings. The maximum atomic E-state index is 13.6. The second-order valence-electron chi connectivity index (χ2n) is 12.0. The third-order valence-corrected chi connectivity index (χ3v) is 9.02. The van der Waals surface area contributed by atoms with E-state index in [2.05, 4.69) is 64.5 Å². The molecule has 1 saturated heterocycles. The second-order valence-corrected chi connectivity index (χ2v) is 12.0. The van der Waals surface area contributed by atoms with E-state index in [1.54, 1.807) is 4.90 Å². The van der Waals surface area contributed by atoms with E-state index in [0.717, 1.165) is 29.3 Å². The number of rotatable bonds is 9. The largest absolute Gasteiger partial charge is 0.461 e. The van der Waals surface area contributed by atoms with Gasteiger partial charge in [0.05, 0.1) is 24.9 Å². The fourth-order valence-electron chi connectivity index (χ4n) is 6.81. The van der Waals surface area contributed by atoms with Crippen LogP contribution in [0.4, 0.5) is 20.3 Å². The maximum Gasteiger partial charge on any atom is 0.318 e. The lowest BCUT2D eigenvalue weighted by atomic mass is 9.99. The quantitative estimate of drug-likeness (QED) is 0.186. The zero-order valence-electron chi connectivity index (χ0n) is 25.6. The van der Waals surface area contributed by atoms with Crippen LogP contribution < -0.4 is 14.5 Å². The van der Waals surface area contributed by atoms with Crippen LogP contribution >= 0.6 is 0 Å². The highest BCUT2D eigenvalue weighted by Gasteiger charge is 2.40. The number of hydrogen-bond donors (Lipinski definition) is 0. The summed E-state index contributed by atoms with van der Waals surface area (Å²) in [5.41, 5.74) is 4.24. The average Bonchev–Trinajstić information content (AvgIpc) is 3.40. The Morgan fingerprint density at radius 1 is 1.16 bits per heavy atom. The van der Waals surface area contributed by atoms with Crippen molar-refractivity contribution in [3.05, 3.63) is 77.3 Å². The molecule has 0 radical (unpaired) electrons. The molecule has 6 rings (SSSR count). The van der Waals surface area contributed by atoms with Crippen LogP contribution in [0.5, 0.6) is 6.01 Å². The van der Waals surface area contributed by atoms with Crippen LogP contribution in [-0.2, 0) is 22.5 Å². The smallest absolute Gasteiger partial charge is 0.318 e. The average molecular weight is 617 g/mol. The summed E-state index contributed by atoms with van der Waals surface area (Å²) in [5, 5.41) is 2.40. The van der Waals surface area contributed by atoms with Gasteiger partial charge in [0, 0.05) is 55.7 Å². The minimum Gasteiger partial charge on any atom is -0.461 e. The predicted octanol–water partition coefficient (Wildman–Crippen LogP) is 5.21. The van der Waals surface area contributed by atoms with E-state index in [9.17, 15) is 13.6 Å². The van der Waals surface area contributed by atoms with Crippen molar-refractivity contribution in [1.82, 2.24) is 14.9 Å². The Kier molecular flexibility index (Phi) is 8.85. The first-order valence-electron chi connectivity index (χ1n) is 15.5. The molecule has 0 bridgehead atoms. The number of anilines is 2. The number of aromatic nitrogens is 2. The molecule has 1 unspecified atom stereocenters. The molecule has 0 spiro atoms. The van der Waals surface area contributed by atoms with Gasteiger partial charge in [-0.15, -0.1) is 0 Å². The van der Waals surface area contributed by atoms with Crippen molar-refractivity contribution in [3.8, 4) is 6.01 Å². The molecule has 2 atom stereocenters. The molecular weight excluding hydrogens is 578 g/mol. The molecule has 1 aliphatic carbocycles. The number of halogens is 2. The van der Waals surface area contributed by atoms with E-state index < -0.39 is 12.0 Å². The number of benzene rings is 2. The fraction of sp³-hybridized carbons (Fsp3) is 0.471. The van der Waals surface area contributed by atoms with Crippen LogP contribution in [0.3, 0.4) is 0 Å². The lowest BCUT2D eigenvalue weighted by Gasteiger charge is -2.41. The third kappa shape index (κ3) is 6.57. The van der Waals surface area contributed by atoms with Gasteiger partial charge in [0.2, 0.25) is 12.5 Å². The molecule has 2 fully saturated rings. The van der Waals surface area contributed by atoms with Gasteiger partial charge in [0.25, 0.3) is 5.92 Å². The van der Waals surface area contributed by atoms with Crippen LogP contribution in [0.25, 0.3) is 15.6 Å². The molecular formula is C34H38F2N6O3. The Morgan fingerprint density at radius 2 is 1.98 bits per heavy atom. The number of fused-ring (bicyclic) bond motifs is 2. The first-order chi connectivity index (χ1) is 21.8. The van der Waals surface area contributed by atoms with Gasteiger partial charge in [-0.3, -0.25) is 4.79 Å². The monoisotopic (exact) mass is 616 g/mol. The van der Waals surface area contributed by atoms with Crippen LogP contribution in [0.1, 0.15) is 36.1 Å². The van der Waals surface area contributed by atoms with Gasteiger partial charge in [0.1, 0.15) is 18.5 Å². The lowest BCUT2D eigenvalue weighted by Crippen LogP contribution is -2.56. The van der Waals surface area contributed by atoms with E-state index in [1.165, 1.54) is 22.4 Å². The first-order valence-corrected chi connectivity index (χ1v) is 15.5. The second kappa shape index (κ2) is 13.0. The number of piperazine rings is 1. The predicted molar refractivity (Wildman–Crippen MR) is 169 cm³/mol. The topological polar surface area (TPSA) is 75.4 Å². The van der Waals surface area contributed by atoms with Gasteiger partial charge >= 0.3 is 6.01 Å². The number of nitrogens with zero attached hydrogens (tertiary/aromatic N) is 6. The Hall–Kier alpha value is -4.30. The van der Waals surface area contributed by atoms with Gasteiger partial charge in [-0.1, -0.05) is 36.9 Å². The molecule has 45 heavy (non-hydrogen) atoms. The van der Waals surface area contributed by atoms with Crippen molar-refractivity contribution in [2.75, 3.05) is 55.7 Å². The Morgan fingerprint density at radius 3 is 2.73 bits per heavy atom. The van der Waals surface area contributed by atoms with Crippen LogP contribution in [0, 0.1) is 13.5 Å². The van der Waals surface area contributed by atoms with Gasteiger partial charge in [-0.2, -0.15) is 9.97 Å². The summed E-state index contributed by atoms with van der Waals surface area (Å²) in [6.45, 7) is 16.5. The van der Waals surface area contributed by atoms with Gasteiger partial charge < -0.3 is 29.0 Å². The number of ether oxygens (including phenoxy) is 2. The fourth-order valence-corrected chi connectivity index (χ4v) is 6.81. The number of aryl methyl sites for hydroxylation is 1. The van der Waals surface area contributed by atoms with E-state index in [1.807, 2.05) is 0 Å². The third-order valence-electron chi connectivity index (χ3n) is 9.02. The number of carbonyl (C=O) groups excluding carboxylic acids is 1. The summed E-state index contributed by atoms with van der Waals surface area (Å²) in [7, 11) is 0. The Bertz CT molecular complexity index is 1620. The van der Waals surface area contributed by atoms with Crippen molar-refractivity contribution >= 4 is 28.2 Å². The minimum absolute atomic E-state index is 0.133. The molecule has 3 heterocycles. The molecule has 1 amide bonds. The highest BCUT2D eigenvalue weighted by atomic mass is 19.3. The zero-order chi connectivity index (χ0) is 31.6. The van der Waals surface area contributed by atoms with Gasteiger partial charge in [-0.25, -0.2) is 15.4 Å². The van der Waals surface area contributed by atoms with Crippen LogP contribution in [0.15, 0.2) is 49.1 Å². The molecule has 2 aromatic carbocycles. The number of carbonyl (C=O) groups is 1. The summed E-state index contributed by atoms with van der Waals surface area (Å²) in [6, 6.07) is 12.6. The molecule has 2 aliphatic heterocycles. The first kappa shape index (κ1) is 30.7. The summed E-state index contributed by atoms with van der Waals surface area (Å²) in [6.07, 6.45) is 1.46. The Labute approximate surface area is 262 Å². The molecule has 9 nitrogen and oxygen atoms in total. The van der Waals surface area contributed by atoms with Gasteiger partial charge in [-0.05, 0) is 42.9 Å². The van der Waals surface area contributed by atoms with Crippen molar-refractivity contribution in [2.24, 2.45) is 0 Å².